The van der Waals surface area contributed by atoms with Crippen LogP contribution in [0.1, 0.15) is 17.1 Å². The first kappa shape index (κ1) is 14.0. The number of ether oxygens (including phenoxy) is 1. The smallest absolute Gasteiger partial charge is 0.241 e. The van der Waals surface area contributed by atoms with Gasteiger partial charge in [0, 0.05) is 19.8 Å². The molecule has 0 aliphatic carbocycles. The quantitative estimate of drug-likeness (QED) is 0.848. The number of methoxy groups -OCH3 is 1. The molecule has 0 unspecified atom stereocenters. The molecule has 0 spiro atoms. The van der Waals surface area contributed by atoms with Crippen molar-refractivity contribution < 1.29 is 4.74 Å². The molecule has 5 nitrogen and oxygen atoms in total. The highest BCUT2D eigenvalue weighted by Gasteiger charge is 2.16. The van der Waals surface area contributed by atoms with Crippen LogP contribution in [0.4, 0.5) is 5.69 Å². The molecule has 2 aromatic rings. The molecule has 0 aliphatic heterocycles. The van der Waals surface area contributed by atoms with Gasteiger partial charge in [0.2, 0.25) is 5.88 Å². The molecular formula is C15H18N4O. The van der Waals surface area contributed by atoms with Crippen LogP contribution in [0.5, 0.6) is 5.88 Å². The minimum Gasteiger partial charge on any atom is -0.479 e. The number of aryl methyl sites for hydroxylation is 1. The Morgan fingerprint density at radius 2 is 1.95 bits per heavy atom. The molecule has 20 heavy (non-hydrogen) atoms. The van der Waals surface area contributed by atoms with E-state index in [4.69, 9.17) is 10.1 Å². The van der Waals surface area contributed by atoms with Gasteiger partial charge in [0.25, 0.3) is 0 Å². The number of nitrogens with zero attached hydrogens (tertiary/aromatic N) is 3. The monoisotopic (exact) mass is 270 g/mol. The van der Waals surface area contributed by atoms with Gasteiger partial charge in [0.15, 0.2) is 0 Å². The molecular weight excluding hydrogens is 252 g/mol. The van der Waals surface area contributed by atoms with Gasteiger partial charge >= 0.3 is 0 Å². The normalized spacial score (nSPS) is 10.2. The fourth-order valence-electron chi connectivity index (χ4n) is 2.10. The average Bonchev–Trinajstić information content (AvgIpc) is 2.46. The van der Waals surface area contributed by atoms with Gasteiger partial charge < -0.3 is 15.0 Å². The summed E-state index contributed by atoms with van der Waals surface area (Å²) in [7, 11) is 3.52. The zero-order valence-corrected chi connectivity index (χ0v) is 11.9. The van der Waals surface area contributed by atoms with Crippen molar-refractivity contribution in [3.05, 3.63) is 47.4 Å². The van der Waals surface area contributed by atoms with Crippen LogP contribution in [0.15, 0.2) is 30.3 Å². The lowest BCUT2D eigenvalue weighted by atomic mass is 10.2. The number of benzene rings is 1. The minimum absolute atomic E-state index is 0.495. The predicted octanol–water partition coefficient (Wildman–Crippen LogP) is 2.43. The molecule has 0 atom stereocenters. The standard InChI is InChI=1S/C15H18N4O/c1-11-17-13(9-16)14(15(18-11)20-3)19(2)10-12-7-5-4-6-8-12/h4-9,16H,10H2,1-3H3. The van der Waals surface area contributed by atoms with Crippen LogP contribution in [0.3, 0.4) is 0 Å². The summed E-state index contributed by atoms with van der Waals surface area (Å²) >= 11 is 0. The van der Waals surface area contributed by atoms with E-state index < -0.39 is 0 Å². The molecule has 0 bridgehead atoms. The van der Waals surface area contributed by atoms with Crippen LogP contribution in [0.25, 0.3) is 0 Å². The van der Waals surface area contributed by atoms with Crippen LogP contribution >= 0.6 is 0 Å². The second-order valence-corrected chi connectivity index (χ2v) is 4.50. The summed E-state index contributed by atoms with van der Waals surface area (Å²) in [4.78, 5) is 10.6. The van der Waals surface area contributed by atoms with Gasteiger partial charge in [-0.15, -0.1) is 0 Å². The van der Waals surface area contributed by atoms with Crippen LogP contribution < -0.4 is 9.64 Å². The van der Waals surface area contributed by atoms with Crippen LogP contribution in [0.2, 0.25) is 0 Å². The second kappa shape index (κ2) is 6.14. The van der Waals surface area contributed by atoms with E-state index in [0.29, 0.717) is 23.9 Å². The average molecular weight is 270 g/mol. The summed E-state index contributed by atoms with van der Waals surface area (Å²) < 4.78 is 5.33. The summed E-state index contributed by atoms with van der Waals surface area (Å²) in [5.41, 5.74) is 2.47. The van der Waals surface area contributed by atoms with Gasteiger partial charge in [-0.1, -0.05) is 30.3 Å². The van der Waals surface area contributed by atoms with Crippen molar-refractivity contribution in [3.8, 4) is 5.88 Å². The van der Waals surface area contributed by atoms with Gasteiger partial charge in [-0.2, -0.15) is 4.98 Å². The summed E-state index contributed by atoms with van der Waals surface area (Å²) in [5, 5.41) is 7.53. The molecule has 0 radical (unpaired) electrons. The highest BCUT2D eigenvalue weighted by Crippen LogP contribution is 2.28. The number of nitrogens with one attached hydrogen (secondary N) is 1. The van der Waals surface area contributed by atoms with Gasteiger partial charge in [-0.25, -0.2) is 4.98 Å². The Morgan fingerprint density at radius 1 is 1.25 bits per heavy atom. The molecule has 5 heteroatoms. The molecule has 0 fully saturated rings. The van der Waals surface area contributed by atoms with Crippen LogP contribution in [-0.4, -0.2) is 30.3 Å². The van der Waals surface area contributed by atoms with Gasteiger partial charge in [-0.05, 0) is 12.5 Å². The Kier molecular flexibility index (Phi) is 4.30. The Morgan fingerprint density at radius 3 is 2.55 bits per heavy atom. The largest absolute Gasteiger partial charge is 0.479 e. The molecule has 104 valence electrons. The Labute approximate surface area is 118 Å². The second-order valence-electron chi connectivity index (χ2n) is 4.50. The van der Waals surface area contributed by atoms with Gasteiger partial charge in [-0.3, -0.25) is 0 Å². The number of rotatable bonds is 5. The number of hydrogen-bond acceptors (Lipinski definition) is 5. The maximum atomic E-state index is 7.53. The minimum atomic E-state index is 0.495. The zero-order valence-electron chi connectivity index (χ0n) is 11.9. The molecule has 1 aromatic carbocycles. The lowest BCUT2D eigenvalue weighted by molar-refractivity contribution is 0.395. The van der Waals surface area contributed by atoms with E-state index in [1.807, 2.05) is 30.1 Å². The highest BCUT2D eigenvalue weighted by atomic mass is 16.5. The van der Waals surface area contributed by atoms with Crippen LogP contribution in [0, 0.1) is 12.3 Å². The molecule has 1 heterocycles. The van der Waals surface area contributed by atoms with Crippen LogP contribution in [-0.2, 0) is 6.54 Å². The molecule has 0 saturated carbocycles. The fourth-order valence-corrected chi connectivity index (χ4v) is 2.10. The third-order valence-electron chi connectivity index (χ3n) is 2.97. The Balaban J connectivity index is 2.38. The highest BCUT2D eigenvalue weighted by molar-refractivity contribution is 5.85. The zero-order chi connectivity index (χ0) is 14.5. The van der Waals surface area contributed by atoms with E-state index in [2.05, 4.69) is 22.1 Å². The SMILES string of the molecule is COc1nc(C)nc(C=N)c1N(C)Cc1ccccc1. The van der Waals surface area contributed by atoms with Gasteiger partial charge in [0.05, 0.1) is 7.11 Å². The van der Waals surface area contributed by atoms with Gasteiger partial charge in [0.1, 0.15) is 17.2 Å². The maximum Gasteiger partial charge on any atom is 0.241 e. The fraction of sp³-hybridized carbons (Fsp3) is 0.267. The summed E-state index contributed by atoms with van der Waals surface area (Å²) in [5.74, 6) is 1.09. The van der Waals surface area contributed by atoms with Crippen molar-refractivity contribution in [2.45, 2.75) is 13.5 Å². The van der Waals surface area contributed by atoms with E-state index in [1.54, 1.807) is 14.0 Å². The third kappa shape index (κ3) is 2.93. The Hall–Kier alpha value is -2.43. The summed E-state index contributed by atoms with van der Waals surface area (Å²) in [6.45, 7) is 2.49. The van der Waals surface area contributed by atoms with Crippen molar-refractivity contribution >= 4 is 11.9 Å². The molecule has 0 amide bonds. The Bertz CT molecular complexity index is 598. The molecule has 0 aliphatic rings. The molecule has 1 aromatic heterocycles. The van der Waals surface area contributed by atoms with E-state index in [9.17, 15) is 0 Å². The van der Waals surface area contributed by atoms with Crippen molar-refractivity contribution in [2.24, 2.45) is 0 Å². The summed E-state index contributed by atoms with van der Waals surface area (Å²) in [6, 6.07) is 10.1. The molecule has 1 N–H and O–H groups in total. The van der Waals surface area contributed by atoms with Crippen molar-refractivity contribution in [3.63, 3.8) is 0 Å². The van der Waals surface area contributed by atoms with Crippen molar-refractivity contribution in [1.82, 2.24) is 9.97 Å². The topological polar surface area (TPSA) is 62.1 Å². The predicted molar refractivity (Wildman–Crippen MR) is 79.8 cm³/mol. The lowest BCUT2D eigenvalue weighted by Gasteiger charge is -2.22. The lowest BCUT2D eigenvalue weighted by Crippen LogP contribution is -2.20. The van der Waals surface area contributed by atoms with E-state index in [0.717, 1.165) is 5.69 Å². The number of hydrogen-bond donors (Lipinski definition) is 1. The van der Waals surface area contributed by atoms with E-state index in [-0.39, 0.29) is 0 Å². The summed E-state index contributed by atoms with van der Waals surface area (Å²) in [6.07, 6.45) is 1.23. The first-order valence-electron chi connectivity index (χ1n) is 6.34. The first-order valence-corrected chi connectivity index (χ1v) is 6.34. The number of anilines is 1. The maximum absolute atomic E-state index is 7.53. The number of aromatic nitrogens is 2. The third-order valence-corrected chi connectivity index (χ3v) is 2.97. The molecule has 2 rings (SSSR count). The van der Waals surface area contributed by atoms with Crippen molar-refractivity contribution in [2.75, 3.05) is 19.1 Å². The first-order chi connectivity index (χ1) is 9.65. The molecule has 0 saturated heterocycles. The van der Waals surface area contributed by atoms with E-state index in [1.165, 1.54) is 11.8 Å². The van der Waals surface area contributed by atoms with E-state index >= 15 is 0 Å². The van der Waals surface area contributed by atoms with Crippen molar-refractivity contribution in [1.29, 1.82) is 5.41 Å².